The van der Waals surface area contributed by atoms with Gasteiger partial charge in [0.1, 0.15) is 5.75 Å². The Morgan fingerprint density at radius 2 is 1.59 bits per heavy atom. The van der Waals surface area contributed by atoms with Gasteiger partial charge in [0.2, 0.25) is 0 Å². The molecular weight excluding hydrogens is 340 g/mol. The maximum absolute atomic E-state index is 12.8. The van der Waals surface area contributed by atoms with E-state index in [0.717, 1.165) is 22.1 Å². The molecule has 1 aliphatic rings. The van der Waals surface area contributed by atoms with Gasteiger partial charge in [0.05, 0.1) is 7.11 Å². The first-order valence-electron chi connectivity index (χ1n) is 8.90. The van der Waals surface area contributed by atoms with Crippen molar-refractivity contribution >= 4 is 22.6 Å². The molecule has 0 fully saturated rings. The fourth-order valence-corrected chi connectivity index (χ4v) is 3.49. The summed E-state index contributed by atoms with van der Waals surface area (Å²) in [6.45, 7) is 1.48. The van der Waals surface area contributed by atoms with Crippen molar-refractivity contribution in [2.75, 3.05) is 20.2 Å². The molecule has 0 saturated carbocycles. The smallest absolute Gasteiger partial charge is 0.261 e. The number of carbonyl (C=O) groups excluding carboxylic acids is 2. The Kier molecular flexibility index (Phi) is 4.60. The van der Waals surface area contributed by atoms with E-state index in [2.05, 4.69) is 5.32 Å². The van der Waals surface area contributed by atoms with E-state index in [4.69, 9.17) is 4.74 Å². The molecule has 1 aliphatic heterocycles. The molecule has 3 aromatic carbocycles. The third-order valence-corrected chi connectivity index (χ3v) is 4.83. The molecular formula is C22H20N2O3. The number of ether oxygens (including phenoxy) is 1. The topological polar surface area (TPSA) is 58.6 Å². The first-order valence-corrected chi connectivity index (χ1v) is 8.90. The highest BCUT2D eigenvalue weighted by Gasteiger charge is 2.31. The van der Waals surface area contributed by atoms with Crippen molar-refractivity contribution in [3.8, 4) is 5.75 Å². The minimum absolute atomic E-state index is 0.229. The molecule has 0 unspecified atom stereocenters. The minimum atomic E-state index is -0.229. The van der Waals surface area contributed by atoms with Crippen LogP contribution in [0.4, 0.5) is 0 Å². The van der Waals surface area contributed by atoms with Gasteiger partial charge in [0.15, 0.2) is 0 Å². The number of hydrogen-bond donors (Lipinski definition) is 1. The Hall–Kier alpha value is -3.18. The highest BCUT2D eigenvalue weighted by atomic mass is 16.5. The number of nitrogens with zero attached hydrogens (tertiary/aromatic N) is 1. The summed E-state index contributed by atoms with van der Waals surface area (Å²) in [7, 11) is 1.64. The van der Waals surface area contributed by atoms with Gasteiger partial charge in [0, 0.05) is 36.1 Å². The monoisotopic (exact) mass is 360 g/mol. The van der Waals surface area contributed by atoms with Crippen LogP contribution in [0.15, 0.2) is 60.7 Å². The van der Waals surface area contributed by atoms with Crippen LogP contribution in [-0.4, -0.2) is 36.9 Å². The Labute approximate surface area is 157 Å². The lowest BCUT2D eigenvalue weighted by Crippen LogP contribution is -2.43. The fraction of sp³-hybridized carbons (Fsp3) is 0.182. The number of benzene rings is 3. The van der Waals surface area contributed by atoms with Gasteiger partial charge >= 0.3 is 0 Å². The maximum Gasteiger partial charge on any atom is 0.261 e. The van der Waals surface area contributed by atoms with Gasteiger partial charge in [-0.3, -0.25) is 14.5 Å². The summed E-state index contributed by atoms with van der Waals surface area (Å²) < 4.78 is 5.22. The van der Waals surface area contributed by atoms with E-state index in [1.54, 1.807) is 19.2 Å². The minimum Gasteiger partial charge on any atom is -0.497 e. The summed E-state index contributed by atoms with van der Waals surface area (Å²) in [4.78, 5) is 27.0. The van der Waals surface area contributed by atoms with Crippen molar-refractivity contribution in [3.63, 3.8) is 0 Å². The molecule has 2 amide bonds. The Bertz CT molecular complexity index is 978. The predicted molar refractivity (Wildman–Crippen MR) is 104 cm³/mol. The van der Waals surface area contributed by atoms with E-state index in [9.17, 15) is 9.59 Å². The largest absolute Gasteiger partial charge is 0.497 e. The van der Waals surface area contributed by atoms with Crippen molar-refractivity contribution in [3.05, 3.63) is 77.4 Å². The van der Waals surface area contributed by atoms with Crippen LogP contribution in [-0.2, 0) is 6.54 Å². The average molecular weight is 360 g/mol. The van der Waals surface area contributed by atoms with E-state index < -0.39 is 0 Å². The molecule has 0 saturated heterocycles. The second-order valence-electron chi connectivity index (χ2n) is 6.50. The zero-order valence-corrected chi connectivity index (χ0v) is 15.1. The van der Waals surface area contributed by atoms with Gasteiger partial charge < -0.3 is 10.1 Å². The second-order valence-corrected chi connectivity index (χ2v) is 6.50. The van der Waals surface area contributed by atoms with E-state index in [1.165, 1.54) is 4.90 Å². The van der Waals surface area contributed by atoms with Crippen LogP contribution in [0.1, 0.15) is 26.3 Å². The molecule has 1 heterocycles. The summed E-state index contributed by atoms with van der Waals surface area (Å²) in [5, 5.41) is 4.97. The summed E-state index contributed by atoms with van der Waals surface area (Å²) in [5.74, 6) is 0.348. The highest BCUT2D eigenvalue weighted by molar-refractivity contribution is 6.25. The molecule has 3 aromatic rings. The summed E-state index contributed by atoms with van der Waals surface area (Å²) >= 11 is 0. The molecule has 5 nitrogen and oxygen atoms in total. The molecule has 4 rings (SSSR count). The summed E-state index contributed by atoms with van der Waals surface area (Å²) in [6.07, 6.45) is 0. The van der Waals surface area contributed by atoms with Crippen molar-refractivity contribution < 1.29 is 14.3 Å². The van der Waals surface area contributed by atoms with Gasteiger partial charge in [-0.15, -0.1) is 0 Å². The van der Waals surface area contributed by atoms with Crippen molar-refractivity contribution in [1.82, 2.24) is 10.2 Å². The molecule has 1 N–H and O–H groups in total. The number of rotatable bonds is 6. The van der Waals surface area contributed by atoms with Crippen LogP contribution in [0, 0.1) is 0 Å². The first kappa shape index (κ1) is 17.2. The van der Waals surface area contributed by atoms with Crippen LogP contribution in [0.5, 0.6) is 5.75 Å². The maximum atomic E-state index is 12.8. The van der Waals surface area contributed by atoms with E-state index >= 15 is 0 Å². The number of hydrogen-bond acceptors (Lipinski definition) is 4. The van der Waals surface area contributed by atoms with Crippen molar-refractivity contribution in [2.24, 2.45) is 0 Å². The average Bonchev–Trinajstić information content (AvgIpc) is 2.71. The van der Waals surface area contributed by atoms with Crippen LogP contribution >= 0.6 is 0 Å². The van der Waals surface area contributed by atoms with Gasteiger partial charge in [-0.1, -0.05) is 36.4 Å². The number of nitrogens with one attached hydrogen (secondary N) is 1. The van der Waals surface area contributed by atoms with Crippen LogP contribution in [0.3, 0.4) is 0 Å². The Morgan fingerprint density at radius 1 is 0.926 bits per heavy atom. The number of amides is 2. The third-order valence-electron chi connectivity index (χ3n) is 4.83. The number of imide groups is 1. The Morgan fingerprint density at radius 3 is 2.26 bits per heavy atom. The van der Waals surface area contributed by atoms with Crippen molar-refractivity contribution in [2.45, 2.75) is 6.54 Å². The van der Waals surface area contributed by atoms with E-state index in [0.29, 0.717) is 30.8 Å². The van der Waals surface area contributed by atoms with Crippen LogP contribution in [0.2, 0.25) is 0 Å². The normalized spacial score (nSPS) is 13.3. The lowest BCUT2D eigenvalue weighted by Gasteiger charge is -2.27. The SMILES string of the molecule is COc1cccc(CNCCN2C(=O)c3cccc4cccc(c34)C2=O)c1. The fourth-order valence-electron chi connectivity index (χ4n) is 3.49. The molecule has 0 aliphatic carbocycles. The third kappa shape index (κ3) is 3.17. The quantitative estimate of drug-likeness (QED) is 0.542. The van der Waals surface area contributed by atoms with Crippen LogP contribution < -0.4 is 10.1 Å². The van der Waals surface area contributed by atoms with Gasteiger partial charge in [-0.05, 0) is 35.2 Å². The summed E-state index contributed by atoms with van der Waals surface area (Å²) in [6, 6.07) is 18.9. The highest BCUT2D eigenvalue weighted by Crippen LogP contribution is 2.29. The van der Waals surface area contributed by atoms with E-state index in [1.807, 2.05) is 48.5 Å². The number of carbonyl (C=O) groups is 2. The lowest BCUT2D eigenvalue weighted by molar-refractivity contribution is 0.0612. The van der Waals surface area contributed by atoms with E-state index in [-0.39, 0.29) is 11.8 Å². The molecule has 0 aromatic heterocycles. The standard InChI is InChI=1S/C22H20N2O3/c1-27-17-8-2-5-15(13-17)14-23-11-12-24-21(25)18-9-3-6-16-7-4-10-19(20(16)18)22(24)26/h2-10,13,23H,11-12,14H2,1H3. The van der Waals surface area contributed by atoms with Crippen molar-refractivity contribution in [1.29, 1.82) is 0 Å². The van der Waals surface area contributed by atoms with Gasteiger partial charge in [-0.2, -0.15) is 0 Å². The molecule has 0 bridgehead atoms. The molecule has 27 heavy (non-hydrogen) atoms. The van der Waals surface area contributed by atoms with Crippen LogP contribution in [0.25, 0.3) is 10.8 Å². The molecule has 136 valence electrons. The lowest BCUT2D eigenvalue weighted by atomic mass is 9.94. The summed E-state index contributed by atoms with van der Waals surface area (Å²) in [5.41, 5.74) is 2.27. The number of methoxy groups -OCH3 is 1. The zero-order valence-electron chi connectivity index (χ0n) is 15.1. The Balaban J connectivity index is 1.46. The molecule has 0 radical (unpaired) electrons. The van der Waals surface area contributed by atoms with Gasteiger partial charge in [0.25, 0.3) is 11.8 Å². The zero-order chi connectivity index (χ0) is 18.8. The second kappa shape index (κ2) is 7.21. The molecule has 5 heteroatoms. The predicted octanol–water partition coefficient (Wildman–Crippen LogP) is 3.23. The van der Waals surface area contributed by atoms with Gasteiger partial charge in [-0.25, -0.2) is 0 Å². The molecule has 0 spiro atoms. The molecule has 0 atom stereocenters. The first-order chi connectivity index (χ1) is 13.2.